The van der Waals surface area contributed by atoms with Gasteiger partial charge in [0.1, 0.15) is 24.4 Å². The van der Waals surface area contributed by atoms with Gasteiger partial charge in [0, 0.05) is 6.42 Å². The van der Waals surface area contributed by atoms with Crippen LogP contribution < -0.4 is 5.32 Å². The molecular formula is C78H133NO10. The number of allylic oxidation sites excluding steroid dienone is 19. The topological polar surface area (TPSA) is 175 Å². The molecule has 0 aliphatic carbocycles. The van der Waals surface area contributed by atoms with Gasteiger partial charge in [-0.1, -0.05) is 296 Å². The molecule has 1 rings (SSSR count). The number of aliphatic hydroxyl groups excluding tert-OH is 5. The monoisotopic (exact) mass is 1240 g/mol. The van der Waals surface area contributed by atoms with Crippen molar-refractivity contribution < 1.29 is 49.3 Å². The Balaban J connectivity index is 2.56. The zero-order chi connectivity index (χ0) is 64.6. The molecule has 1 aliphatic rings. The summed E-state index contributed by atoms with van der Waals surface area (Å²) in [5.74, 6) is -1.21. The molecule has 0 aromatic heterocycles. The summed E-state index contributed by atoms with van der Waals surface area (Å²) in [5, 5.41) is 57.3. The van der Waals surface area contributed by atoms with Crippen LogP contribution >= 0.6 is 0 Å². The van der Waals surface area contributed by atoms with Crippen LogP contribution in [0.3, 0.4) is 0 Å². The fourth-order valence-corrected chi connectivity index (χ4v) is 10.7. The van der Waals surface area contributed by atoms with Crippen LogP contribution in [0.25, 0.3) is 0 Å². The van der Waals surface area contributed by atoms with E-state index in [-0.39, 0.29) is 19.4 Å². The zero-order valence-electron chi connectivity index (χ0n) is 56.8. The quantitative estimate of drug-likeness (QED) is 0.0195. The summed E-state index contributed by atoms with van der Waals surface area (Å²) >= 11 is 0. The summed E-state index contributed by atoms with van der Waals surface area (Å²) in [6.07, 6.45) is 79.4. The van der Waals surface area contributed by atoms with E-state index in [1.54, 1.807) is 6.08 Å². The molecule has 89 heavy (non-hydrogen) atoms. The molecule has 1 saturated heterocycles. The van der Waals surface area contributed by atoms with E-state index in [4.69, 9.17) is 14.2 Å². The third-order valence-electron chi connectivity index (χ3n) is 16.3. The second-order valence-corrected chi connectivity index (χ2v) is 24.6. The first-order chi connectivity index (χ1) is 43.7. The highest BCUT2D eigenvalue weighted by Gasteiger charge is 2.47. The molecule has 0 aromatic rings. The van der Waals surface area contributed by atoms with Crippen LogP contribution in [0.4, 0.5) is 0 Å². The van der Waals surface area contributed by atoms with Crippen molar-refractivity contribution in [3.8, 4) is 0 Å². The third kappa shape index (κ3) is 51.3. The SMILES string of the molecule is CC/C=C\C/C=C\C/C=C\C/C=C\C/C=C\CCCCCCCCCCCC(=O)OC1C(OCC(NC(=O)C(O)CCCCCCCCCC/C=C\C/C=C\C/C=C\C/C=C\CCCCC)C(O)/C=C/CCCCCCCCCCC)OC(CO)C(O)C1O. The molecule has 1 aliphatic heterocycles. The number of aliphatic hydroxyl groups is 5. The van der Waals surface area contributed by atoms with Crippen LogP contribution in [0.5, 0.6) is 0 Å². The molecule has 0 bridgehead atoms. The van der Waals surface area contributed by atoms with Crippen molar-refractivity contribution in [2.75, 3.05) is 13.2 Å². The molecule has 1 heterocycles. The molecule has 6 N–H and O–H groups in total. The van der Waals surface area contributed by atoms with Crippen LogP contribution in [-0.4, -0.2) is 99.6 Å². The molecule has 1 amide bonds. The molecule has 11 heteroatoms. The molecule has 0 saturated carbocycles. The van der Waals surface area contributed by atoms with Gasteiger partial charge < -0.3 is 45.1 Å². The van der Waals surface area contributed by atoms with Gasteiger partial charge >= 0.3 is 5.97 Å². The van der Waals surface area contributed by atoms with Crippen molar-refractivity contribution in [1.29, 1.82) is 0 Å². The number of unbranched alkanes of at least 4 members (excludes halogenated alkanes) is 29. The lowest BCUT2D eigenvalue weighted by Gasteiger charge is -2.41. The highest BCUT2D eigenvalue weighted by atomic mass is 16.7. The van der Waals surface area contributed by atoms with Gasteiger partial charge in [-0.3, -0.25) is 9.59 Å². The summed E-state index contributed by atoms with van der Waals surface area (Å²) in [4.78, 5) is 26.7. The predicted octanol–water partition coefficient (Wildman–Crippen LogP) is 19.0. The lowest BCUT2D eigenvalue weighted by Crippen LogP contribution is -2.61. The van der Waals surface area contributed by atoms with E-state index in [1.165, 1.54) is 116 Å². The smallest absolute Gasteiger partial charge is 0.306 e. The predicted molar refractivity (Wildman–Crippen MR) is 374 cm³/mol. The van der Waals surface area contributed by atoms with Gasteiger partial charge in [-0.15, -0.1) is 0 Å². The molecular weight excluding hydrogens is 1110 g/mol. The average Bonchev–Trinajstić information content (AvgIpc) is 3.71. The van der Waals surface area contributed by atoms with Gasteiger partial charge in [0.05, 0.1) is 25.4 Å². The van der Waals surface area contributed by atoms with Crippen LogP contribution in [0.2, 0.25) is 0 Å². The Bertz CT molecular complexity index is 1920. The minimum Gasteiger partial charge on any atom is -0.454 e. The van der Waals surface area contributed by atoms with Gasteiger partial charge in [0.25, 0.3) is 0 Å². The van der Waals surface area contributed by atoms with Crippen LogP contribution in [0.15, 0.2) is 122 Å². The summed E-state index contributed by atoms with van der Waals surface area (Å²) < 4.78 is 17.7. The fourth-order valence-electron chi connectivity index (χ4n) is 10.7. The second-order valence-electron chi connectivity index (χ2n) is 24.6. The number of carbonyl (C=O) groups excluding carboxylic acids is 2. The number of rotatable bonds is 61. The Morgan fingerprint density at radius 1 is 0.449 bits per heavy atom. The number of ether oxygens (including phenoxy) is 3. The van der Waals surface area contributed by atoms with Gasteiger partial charge in [-0.05, 0) is 116 Å². The van der Waals surface area contributed by atoms with Gasteiger partial charge in [0.2, 0.25) is 5.91 Å². The van der Waals surface area contributed by atoms with Crippen molar-refractivity contribution >= 4 is 11.9 Å². The number of carbonyl (C=O) groups is 2. The minimum absolute atomic E-state index is 0.109. The first-order valence-electron chi connectivity index (χ1n) is 36.3. The number of hydrogen-bond donors (Lipinski definition) is 6. The lowest BCUT2D eigenvalue weighted by atomic mass is 9.99. The molecule has 8 atom stereocenters. The average molecular weight is 1240 g/mol. The fraction of sp³-hybridized carbons (Fsp3) is 0.718. The summed E-state index contributed by atoms with van der Waals surface area (Å²) in [6, 6.07) is -1.04. The highest BCUT2D eigenvalue weighted by molar-refractivity contribution is 5.80. The van der Waals surface area contributed by atoms with Crippen molar-refractivity contribution in [2.45, 2.75) is 346 Å². The maximum atomic E-state index is 13.5. The van der Waals surface area contributed by atoms with Crippen LogP contribution in [-0.2, 0) is 23.8 Å². The molecule has 11 nitrogen and oxygen atoms in total. The van der Waals surface area contributed by atoms with Gasteiger partial charge in [-0.2, -0.15) is 0 Å². The second kappa shape index (κ2) is 64.2. The zero-order valence-corrected chi connectivity index (χ0v) is 56.8. The van der Waals surface area contributed by atoms with Crippen molar-refractivity contribution in [2.24, 2.45) is 0 Å². The van der Waals surface area contributed by atoms with Crippen molar-refractivity contribution in [3.05, 3.63) is 122 Å². The van der Waals surface area contributed by atoms with E-state index < -0.39 is 67.4 Å². The molecule has 0 aromatic carbocycles. The standard InChI is InChI=1S/C78H133NO10/c1-4-7-10-13-16-19-22-24-26-28-30-32-34-36-38-40-42-44-46-48-51-54-57-60-63-66-73(83)89-76-75(85)74(84)72(67-80)88-78(76)87-68-69(70(81)64-61-58-55-52-49-21-18-15-12-9-6-3)79-77(86)71(82)65-62-59-56-53-50-47-45-43-41-39-37-35-33-31-29-27-25-23-20-17-14-11-8-5-2/h7,10,16-17,19-20,24-27,30-33,36-39,61,64,69-72,74-76,78,80-82,84-85H,4-6,8-9,11-15,18,21-23,28-29,34-35,40-60,62-63,65-68H2,1-3H3,(H,79,86)/b10-7-,19-16-,20-17-,26-24-,27-25-,32-30-,33-31-,38-36-,39-37-,64-61+. The summed E-state index contributed by atoms with van der Waals surface area (Å²) in [6.45, 7) is 5.65. The molecule has 0 radical (unpaired) electrons. The van der Waals surface area contributed by atoms with Crippen LogP contribution in [0.1, 0.15) is 297 Å². The maximum absolute atomic E-state index is 13.5. The molecule has 0 spiro atoms. The van der Waals surface area contributed by atoms with E-state index in [9.17, 15) is 35.1 Å². The minimum atomic E-state index is -1.63. The highest BCUT2D eigenvalue weighted by Crippen LogP contribution is 2.26. The Morgan fingerprint density at radius 3 is 1.24 bits per heavy atom. The van der Waals surface area contributed by atoms with E-state index in [1.807, 2.05) is 6.08 Å². The molecule has 510 valence electrons. The molecule has 1 fully saturated rings. The Morgan fingerprint density at radius 2 is 0.809 bits per heavy atom. The number of nitrogens with one attached hydrogen (secondary N) is 1. The van der Waals surface area contributed by atoms with E-state index >= 15 is 0 Å². The summed E-state index contributed by atoms with van der Waals surface area (Å²) in [7, 11) is 0. The first kappa shape index (κ1) is 83.1. The number of amides is 1. The normalized spacial score (nSPS) is 18.9. The molecule has 8 unspecified atom stereocenters. The van der Waals surface area contributed by atoms with E-state index in [2.05, 4.69) is 135 Å². The van der Waals surface area contributed by atoms with E-state index in [0.29, 0.717) is 12.8 Å². The Hall–Kier alpha value is -3.94. The van der Waals surface area contributed by atoms with Crippen LogP contribution in [0, 0.1) is 0 Å². The van der Waals surface area contributed by atoms with Crippen molar-refractivity contribution in [3.63, 3.8) is 0 Å². The Kier molecular flexibility index (Phi) is 59.9. The summed E-state index contributed by atoms with van der Waals surface area (Å²) in [5.41, 5.74) is 0. The van der Waals surface area contributed by atoms with E-state index in [0.717, 1.165) is 135 Å². The lowest BCUT2D eigenvalue weighted by molar-refractivity contribution is -0.305. The largest absolute Gasteiger partial charge is 0.454 e. The maximum Gasteiger partial charge on any atom is 0.306 e. The number of esters is 1. The van der Waals surface area contributed by atoms with Crippen molar-refractivity contribution in [1.82, 2.24) is 5.32 Å². The third-order valence-corrected chi connectivity index (χ3v) is 16.3. The Labute approximate surface area is 544 Å². The van der Waals surface area contributed by atoms with Gasteiger partial charge in [-0.25, -0.2) is 0 Å². The van der Waals surface area contributed by atoms with Gasteiger partial charge in [0.15, 0.2) is 12.4 Å². The number of hydrogen-bond acceptors (Lipinski definition) is 10. The first-order valence-corrected chi connectivity index (χ1v) is 36.3.